The van der Waals surface area contributed by atoms with Crippen molar-refractivity contribution in [1.82, 2.24) is 10.3 Å². The molecule has 0 saturated carbocycles. The molecule has 0 fully saturated rings. The van der Waals surface area contributed by atoms with E-state index in [9.17, 15) is 19.8 Å². The number of esters is 1. The first-order chi connectivity index (χ1) is 18.0. The number of aromatic amines is 1. The number of methoxy groups -OCH3 is 1. The van der Waals surface area contributed by atoms with Crippen LogP contribution in [0, 0.1) is 0 Å². The fourth-order valence-corrected chi connectivity index (χ4v) is 4.90. The summed E-state index contributed by atoms with van der Waals surface area (Å²) in [7, 11) is 1.30. The van der Waals surface area contributed by atoms with Gasteiger partial charge in [-0.1, -0.05) is 60.7 Å². The molecule has 5 rings (SSSR count). The van der Waals surface area contributed by atoms with E-state index >= 15 is 0 Å². The fourth-order valence-electron chi connectivity index (χ4n) is 4.90. The summed E-state index contributed by atoms with van der Waals surface area (Å²) in [5.74, 6) is -0.522. The minimum absolute atomic E-state index is 0.0341. The van der Waals surface area contributed by atoms with E-state index in [0.717, 1.165) is 27.6 Å². The van der Waals surface area contributed by atoms with Crippen LogP contribution in [0.2, 0.25) is 0 Å². The number of carbonyl (C=O) groups excluding carboxylic acids is 2. The molecule has 1 amide bonds. The standard InChI is InChI=1S/C29H28N2O6/c1-36-28(34)25-14-17-10-11-18(15-24(17)31-25)27(33)26(32)12-13-30-29(35)37-16-23-21-8-4-2-6-19(21)20-7-3-5-9-22(20)23/h2-11,14-15,23,26-27,31-33H,12-13,16H2,1H3,(H,30,35). The second-order valence-corrected chi connectivity index (χ2v) is 9.07. The van der Waals surface area contributed by atoms with Crippen molar-refractivity contribution in [3.63, 3.8) is 0 Å². The molecule has 0 aliphatic heterocycles. The number of benzene rings is 3. The second-order valence-electron chi connectivity index (χ2n) is 9.07. The average molecular weight is 501 g/mol. The summed E-state index contributed by atoms with van der Waals surface area (Å²) in [6.07, 6.45) is -2.73. The molecule has 2 atom stereocenters. The van der Waals surface area contributed by atoms with E-state index in [-0.39, 0.29) is 25.5 Å². The summed E-state index contributed by atoms with van der Waals surface area (Å²) in [6, 6.07) is 23.0. The quantitative estimate of drug-likeness (QED) is 0.268. The SMILES string of the molecule is COC(=O)c1cc2ccc(C(O)C(O)CCNC(=O)OCC3c4ccccc4-c4ccccc43)cc2[nH]1. The maximum atomic E-state index is 12.4. The summed E-state index contributed by atoms with van der Waals surface area (Å²) in [4.78, 5) is 27.0. The van der Waals surface area contributed by atoms with Crippen molar-refractivity contribution in [2.24, 2.45) is 0 Å². The second kappa shape index (κ2) is 10.5. The number of rotatable bonds is 8. The Labute approximate surface area is 213 Å². The molecule has 3 aromatic carbocycles. The van der Waals surface area contributed by atoms with Crippen molar-refractivity contribution in [3.05, 3.63) is 95.2 Å². The zero-order valence-electron chi connectivity index (χ0n) is 20.3. The van der Waals surface area contributed by atoms with E-state index in [4.69, 9.17) is 9.47 Å². The molecule has 4 aromatic rings. The van der Waals surface area contributed by atoms with Crippen molar-refractivity contribution in [2.75, 3.05) is 20.3 Å². The van der Waals surface area contributed by atoms with Gasteiger partial charge in [0.05, 0.1) is 13.2 Å². The minimum atomic E-state index is -1.17. The van der Waals surface area contributed by atoms with E-state index in [1.54, 1.807) is 24.3 Å². The zero-order chi connectivity index (χ0) is 25.9. The number of hydrogen-bond acceptors (Lipinski definition) is 6. The predicted octanol–water partition coefficient (Wildman–Crippen LogP) is 4.28. The van der Waals surface area contributed by atoms with Gasteiger partial charge in [-0.05, 0) is 46.4 Å². The molecule has 1 aromatic heterocycles. The van der Waals surface area contributed by atoms with E-state index in [2.05, 4.69) is 34.6 Å². The van der Waals surface area contributed by atoms with Gasteiger partial charge in [0, 0.05) is 23.4 Å². The highest BCUT2D eigenvalue weighted by molar-refractivity contribution is 5.94. The molecule has 0 spiro atoms. The largest absolute Gasteiger partial charge is 0.464 e. The number of alkyl carbamates (subject to hydrolysis) is 1. The lowest BCUT2D eigenvalue weighted by Gasteiger charge is -2.19. The van der Waals surface area contributed by atoms with Crippen molar-refractivity contribution >= 4 is 23.0 Å². The Morgan fingerprint density at radius 1 is 0.973 bits per heavy atom. The molecule has 190 valence electrons. The number of aliphatic hydroxyl groups excluding tert-OH is 2. The molecule has 2 unspecified atom stereocenters. The van der Waals surface area contributed by atoms with Gasteiger partial charge in [0.2, 0.25) is 0 Å². The fraction of sp³-hybridized carbons (Fsp3) is 0.241. The Morgan fingerprint density at radius 2 is 1.65 bits per heavy atom. The number of ether oxygens (including phenoxy) is 2. The number of aromatic nitrogens is 1. The number of carbonyl (C=O) groups is 2. The number of aliphatic hydroxyl groups is 2. The van der Waals surface area contributed by atoms with Crippen LogP contribution < -0.4 is 5.32 Å². The molecule has 8 nitrogen and oxygen atoms in total. The van der Waals surface area contributed by atoms with Gasteiger partial charge in [0.15, 0.2) is 0 Å². The number of H-pyrrole nitrogens is 1. The highest BCUT2D eigenvalue weighted by Crippen LogP contribution is 2.44. The molecule has 37 heavy (non-hydrogen) atoms. The Morgan fingerprint density at radius 3 is 2.32 bits per heavy atom. The first-order valence-corrected chi connectivity index (χ1v) is 12.1. The van der Waals surface area contributed by atoms with Crippen LogP contribution in [0.3, 0.4) is 0 Å². The van der Waals surface area contributed by atoms with Crippen LogP contribution in [-0.2, 0) is 9.47 Å². The molecule has 1 aliphatic carbocycles. The van der Waals surface area contributed by atoms with Crippen LogP contribution in [0.4, 0.5) is 4.79 Å². The van der Waals surface area contributed by atoms with Crippen molar-refractivity contribution in [2.45, 2.75) is 24.5 Å². The van der Waals surface area contributed by atoms with Crippen LogP contribution in [0.15, 0.2) is 72.8 Å². The lowest BCUT2D eigenvalue weighted by molar-refractivity contribution is 0.0137. The smallest absolute Gasteiger partial charge is 0.407 e. The van der Waals surface area contributed by atoms with Gasteiger partial charge in [-0.25, -0.2) is 9.59 Å². The van der Waals surface area contributed by atoms with Gasteiger partial charge in [0.1, 0.15) is 18.4 Å². The highest BCUT2D eigenvalue weighted by atomic mass is 16.5. The van der Waals surface area contributed by atoms with Crippen molar-refractivity contribution < 1.29 is 29.3 Å². The molecule has 0 bridgehead atoms. The summed E-state index contributed by atoms with van der Waals surface area (Å²) in [5.41, 5.74) is 6.00. The van der Waals surface area contributed by atoms with E-state index < -0.39 is 24.3 Å². The Bertz CT molecular complexity index is 1400. The van der Waals surface area contributed by atoms with Crippen LogP contribution in [0.1, 0.15) is 45.6 Å². The van der Waals surface area contributed by atoms with Gasteiger partial charge in [-0.3, -0.25) is 0 Å². The number of nitrogens with one attached hydrogen (secondary N) is 2. The lowest BCUT2D eigenvalue weighted by atomic mass is 9.98. The van der Waals surface area contributed by atoms with Gasteiger partial charge in [-0.15, -0.1) is 0 Å². The van der Waals surface area contributed by atoms with Gasteiger partial charge < -0.3 is 30.0 Å². The van der Waals surface area contributed by atoms with Gasteiger partial charge >= 0.3 is 12.1 Å². The Kier molecular flexibility index (Phi) is 6.94. The molecule has 1 aliphatic rings. The highest BCUT2D eigenvalue weighted by Gasteiger charge is 2.29. The molecule has 4 N–H and O–H groups in total. The summed E-state index contributed by atoms with van der Waals surface area (Å²) < 4.78 is 10.2. The molecule has 1 heterocycles. The molecular weight excluding hydrogens is 472 g/mol. The van der Waals surface area contributed by atoms with Gasteiger partial charge in [0.25, 0.3) is 0 Å². The van der Waals surface area contributed by atoms with Crippen molar-refractivity contribution in [1.29, 1.82) is 0 Å². The first kappa shape index (κ1) is 24.5. The minimum Gasteiger partial charge on any atom is -0.464 e. The van der Waals surface area contributed by atoms with Crippen LogP contribution in [0.5, 0.6) is 0 Å². The van der Waals surface area contributed by atoms with E-state index in [0.29, 0.717) is 16.8 Å². The normalized spacial score (nSPS) is 14.0. The van der Waals surface area contributed by atoms with Crippen LogP contribution in [-0.4, -0.2) is 53.6 Å². The third-order valence-electron chi connectivity index (χ3n) is 6.81. The van der Waals surface area contributed by atoms with Crippen molar-refractivity contribution in [3.8, 4) is 11.1 Å². The Hall–Kier alpha value is -4.14. The third kappa shape index (κ3) is 4.94. The Balaban J connectivity index is 1.13. The molecular formula is C29H28N2O6. The summed E-state index contributed by atoms with van der Waals surface area (Å²) in [6.45, 7) is 0.334. The topological polar surface area (TPSA) is 121 Å². The number of fused-ring (bicyclic) bond motifs is 4. The van der Waals surface area contributed by atoms with Crippen LogP contribution in [0.25, 0.3) is 22.0 Å². The summed E-state index contributed by atoms with van der Waals surface area (Å²) >= 11 is 0. The number of amides is 1. The van der Waals surface area contributed by atoms with E-state index in [1.807, 2.05) is 24.3 Å². The maximum absolute atomic E-state index is 12.4. The van der Waals surface area contributed by atoms with Crippen LogP contribution >= 0.6 is 0 Å². The average Bonchev–Trinajstić information content (AvgIpc) is 3.50. The maximum Gasteiger partial charge on any atom is 0.407 e. The van der Waals surface area contributed by atoms with Gasteiger partial charge in [-0.2, -0.15) is 0 Å². The zero-order valence-corrected chi connectivity index (χ0v) is 20.3. The lowest BCUT2D eigenvalue weighted by Crippen LogP contribution is -2.30. The third-order valence-corrected chi connectivity index (χ3v) is 6.81. The van der Waals surface area contributed by atoms with E-state index in [1.165, 1.54) is 7.11 Å². The monoisotopic (exact) mass is 500 g/mol. The molecule has 0 saturated heterocycles. The molecule has 8 heteroatoms. The molecule has 0 radical (unpaired) electrons. The number of hydrogen-bond donors (Lipinski definition) is 4. The summed E-state index contributed by atoms with van der Waals surface area (Å²) in [5, 5.41) is 24.5. The first-order valence-electron chi connectivity index (χ1n) is 12.1. The predicted molar refractivity (Wildman–Crippen MR) is 138 cm³/mol.